The Morgan fingerprint density at radius 1 is 0.645 bits per heavy atom. The molecule has 0 aliphatic carbocycles. The van der Waals surface area contributed by atoms with Crippen LogP contribution in [0.4, 0.5) is 0 Å². The molecule has 0 bridgehead atoms. The standard InChI is InChI=1S/C28H17N3/c1-3-11-23-20(9-1)22-17-31(24-12-4-2-10-21(24)28(22)30-23)25-13-5-7-18-14-15-19-8-6-16-29-27(19)26(18)25/h1-17H. The van der Waals surface area contributed by atoms with Gasteiger partial charge in [0.2, 0.25) is 0 Å². The number of para-hydroxylation sites is 2. The van der Waals surface area contributed by atoms with Crippen LogP contribution in [0.15, 0.2) is 103 Å². The molecule has 3 heterocycles. The Labute approximate surface area is 178 Å². The molecular weight excluding hydrogens is 378 g/mol. The zero-order valence-corrected chi connectivity index (χ0v) is 16.7. The monoisotopic (exact) mass is 395 g/mol. The molecule has 0 unspecified atom stereocenters. The molecule has 31 heavy (non-hydrogen) atoms. The van der Waals surface area contributed by atoms with Gasteiger partial charge < -0.3 is 4.57 Å². The topological polar surface area (TPSA) is 30.7 Å². The van der Waals surface area contributed by atoms with Gasteiger partial charge in [-0.3, -0.25) is 4.98 Å². The van der Waals surface area contributed by atoms with Crippen molar-refractivity contribution in [1.82, 2.24) is 14.5 Å². The maximum absolute atomic E-state index is 4.96. The highest BCUT2D eigenvalue weighted by atomic mass is 15.0. The van der Waals surface area contributed by atoms with Crippen molar-refractivity contribution in [1.29, 1.82) is 0 Å². The average molecular weight is 395 g/mol. The van der Waals surface area contributed by atoms with Crippen LogP contribution in [0.5, 0.6) is 0 Å². The van der Waals surface area contributed by atoms with E-state index in [0.717, 1.165) is 38.7 Å². The Morgan fingerprint density at radius 2 is 1.45 bits per heavy atom. The van der Waals surface area contributed by atoms with E-state index in [4.69, 9.17) is 9.97 Å². The number of fused-ring (bicyclic) bond motifs is 8. The fraction of sp³-hybridized carbons (Fsp3) is 0. The highest BCUT2D eigenvalue weighted by molar-refractivity contribution is 6.11. The molecule has 4 aromatic carbocycles. The first kappa shape index (κ1) is 16.5. The molecular formula is C28H17N3. The van der Waals surface area contributed by atoms with Crippen LogP contribution >= 0.6 is 0 Å². The molecule has 7 rings (SSSR count). The fourth-order valence-electron chi connectivity index (χ4n) is 4.82. The third kappa shape index (κ3) is 2.29. The van der Waals surface area contributed by atoms with Crippen LogP contribution in [0.1, 0.15) is 0 Å². The molecule has 144 valence electrons. The van der Waals surface area contributed by atoms with Gasteiger partial charge in [0.05, 0.1) is 27.9 Å². The third-order valence-corrected chi connectivity index (χ3v) is 6.21. The van der Waals surface area contributed by atoms with Gasteiger partial charge in [0, 0.05) is 39.5 Å². The van der Waals surface area contributed by atoms with E-state index in [9.17, 15) is 0 Å². The second-order valence-corrected chi connectivity index (χ2v) is 7.92. The number of rotatable bonds is 1. The molecule has 3 nitrogen and oxygen atoms in total. The van der Waals surface area contributed by atoms with E-state index in [0.29, 0.717) is 0 Å². The highest BCUT2D eigenvalue weighted by Crippen LogP contribution is 2.39. The Bertz CT molecular complexity index is 1740. The van der Waals surface area contributed by atoms with Gasteiger partial charge in [0.15, 0.2) is 0 Å². The van der Waals surface area contributed by atoms with Crippen molar-refractivity contribution in [2.75, 3.05) is 0 Å². The van der Waals surface area contributed by atoms with E-state index < -0.39 is 0 Å². The summed E-state index contributed by atoms with van der Waals surface area (Å²) in [4.78, 5) is 9.72. The first-order valence-electron chi connectivity index (χ1n) is 10.4. The molecule has 0 N–H and O–H groups in total. The second-order valence-electron chi connectivity index (χ2n) is 7.92. The third-order valence-electron chi connectivity index (χ3n) is 6.21. The van der Waals surface area contributed by atoms with Crippen LogP contribution in [0.3, 0.4) is 0 Å². The van der Waals surface area contributed by atoms with Crippen LogP contribution < -0.4 is 0 Å². The predicted molar refractivity (Wildman–Crippen MR) is 128 cm³/mol. The number of nitrogens with zero attached hydrogens (tertiary/aromatic N) is 3. The first-order chi connectivity index (χ1) is 15.4. The van der Waals surface area contributed by atoms with Gasteiger partial charge in [-0.2, -0.15) is 0 Å². The number of hydrogen-bond donors (Lipinski definition) is 0. The van der Waals surface area contributed by atoms with Crippen molar-refractivity contribution in [2.45, 2.75) is 0 Å². The maximum atomic E-state index is 4.96. The lowest BCUT2D eigenvalue weighted by Gasteiger charge is -2.17. The molecule has 0 amide bonds. The predicted octanol–water partition coefficient (Wildman–Crippen LogP) is 6.98. The van der Waals surface area contributed by atoms with E-state index in [1.54, 1.807) is 0 Å². The molecule has 3 heteroatoms. The number of benzene rings is 4. The van der Waals surface area contributed by atoms with Crippen LogP contribution in [-0.2, 0) is 0 Å². The number of hydrogen-bond acceptors (Lipinski definition) is 2. The minimum Gasteiger partial charge on any atom is -0.315 e. The minimum atomic E-state index is 1.03. The van der Waals surface area contributed by atoms with Gasteiger partial charge in [-0.15, -0.1) is 0 Å². The van der Waals surface area contributed by atoms with Crippen LogP contribution in [0.2, 0.25) is 0 Å². The molecule has 5 aromatic rings. The summed E-state index contributed by atoms with van der Waals surface area (Å²) < 4.78 is 2.31. The largest absolute Gasteiger partial charge is 0.315 e. The lowest BCUT2D eigenvalue weighted by Crippen LogP contribution is -2.01. The molecule has 1 aromatic heterocycles. The van der Waals surface area contributed by atoms with Crippen molar-refractivity contribution >= 4 is 43.5 Å². The second kappa shape index (κ2) is 6.13. The Kier molecular flexibility index (Phi) is 3.27. The van der Waals surface area contributed by atoms with Crippen molar-refractivity contribution in [3.8, 4) is 16.9 Å². The molecule has 0 saturated heterocycles. The molecule has 0 spiro atoms. The summed E-state index contributed by atoms with van der Waals surface area (Å²) in [7, 11) is 0. The van der Waals surface area contributed by atoms with Crippen LogP contribution in [0, 0.1) is 0 Å². The van der Waals surface area contributed by atoms with E-state index >= 15 is 0 Å². The minimum absolute atomic E-state index is 1.03. The lowest BCUT2D eigenvalue weighted by atomic mass is 10.0. The Hall–Kier alpha value is -4.24. The fourth-order valence-corrected chi connectivity index (χ4v) is 4.82. The summed E-state index contributed by atoms with van der Waals surface area (Å²) in [6.45, 7) is 0. The summed E-state index contributed by atoms with van der Waals surface area (Å²) in [6.07, 6.45) is 4.11. The zero-order valence-electron chi connectivity index (χ0n) is 16.7. The van der Waals surface area contributed by atoms with E-state index in [2.05, 4.69) is 89.6 Å². The zero-order chi connectivity index (χ0) is 20.4. The summed E-state index contributed by atoms with van der Waals surface area (Å²) in [5.41, 5.74) is 6.54. The van der Waals surface area contributed by atoms with Crippen molar-refractivity contribution in [3.05, 3.63) is 103 Å². The Morgan fingerprint density at radius 3 is 2.42 bits per heavy atom. The van der Waals surface area contributed by atoms with Crippen LogP contribution in [-0.4, -0.2) is 14.5 Å². The van der Waals surface area contributed by atoms with Gasteiger partial charge in [0.25, 0.3) is 0 Å². The highest BCUT2D eigenvalue weighted by Gasteiger charge is 2.19. The summed E-state index contributed by atoms with van der Waals surface area (Å²) in [5, 5.41) is 5.83. The number of pyridine rings is 2. The van der Waals surface area contributed by atoms with Gasteiger partial charge in [-0.1, -0.05) is 66.7 Å². The summed E-state index contributed by atoms with van der Waals surface area (Å²) in [6, 6.07) is 31.8. The molecule has 0 radical (unpaired) electrons. The van der Waals surface area contributed by atoms with Crippen LogP contribution in [0.25, 0.3) is 60.4 Å². The van der Waals surface area contributed by atoms with E-state index in [1.807, 2.05) is 18.3 Å². The van der Waals surface area contributed by atoms with Crippen molar-refractivity contribution in [3.63, 3.8) is 0 Å². The Balaban J connectivity index is 1.71. The summed E-state index contributed by atoms with van der Waals surface area (Å²) >= 11 is 0. The molecule has 2 aliphatic heterocycles. The SMILES string of the molecule is c1cnc2c(c1)ccc1cccc(-n3cc4c5ccccc5nc-4c4ccccc43)c12. The van der Waals surface area contributed by atoms with Gasteiger partial charge in [0.1, 0.15) is 0 Å². The first-order valence-corrected chi connectivity index (χ1v) is 10.4. The van der Waals surface area contributed by atoms with Crippen molar-refractivity contribution in [2.24, 2.45) is 0 Å². The van der Waals surface area contributed by atoms with Gasteiger partial charge in [-0.25, -0.2) is 4.98 Å². The molecule has 0 atom stereocenters. The molecule has 0 saturated carbocycles. The average Bonchev–Trinajstić information content (AvgIpc) is 3.22. The summed E-state index contributed by atoms with van der Waals surface area (Å²) in [5.74, 6) is 0. The van der Waals surface area contributed by atoms with E-state index in [1.165, 1.54) is 21.7 Å². The van der Waals surface area contributed by atoms with E-state index in [-0.39, 0.29) is 0 Å². The molecule has 2 aliphatic rings. The normalized spacial score (nSPS) is 11.9. The van der Waals surface area contributed by atoms with Gasteiger partial charge in [-0.05, 0) is 29.7 Å². The smallest absolute Gasteiger partial charge is 0.0824 e. The lowest BCUT2D eigenvalue weighted by molar-refractivity contribution is 1.12. The van der Waals surface area contributed by atoms with Crippen molar-refractivity contribution < 1.29 is 0 Å². The quantitative estimate of drug-likeness (QED) is 0.281. The number of aromatic nitrogens is 3. The van der Waals surface area contributed by atoms with Gasteiger partial charge >= 0.3 is 0 Å². The molecule has 0 fully saturated rings. The maximum Gasteiger partial charge on any atom is 0.0824 e.